The fourth-order valence-electron chi connectivity index (χ4n) is 2.73. The summed E-state index contributed by atoms with van der Waals surface area (Å²) < 4.78 is 0. The number of benzene rings is 2. The van der Waals surface area contributed by atoms with Crippen LogP contribution in [0.15, 0.2) is 60.3 Å². The van der Waals surface area contributed by atoms with Crippen LogP contribution in [-0.4, -0.2) is 5.91 Å². The summed E-state index contributed by atoms with van der Waals surface area (Å²) in [4.78, 5) is 12.4. The summed E-state index contributed by atoms with van der Waals surface area (Å²) in [6, 6.07) is 17.6. The molecule has 2 N–H and O–H groups in total. The van der Waals surface area contributed by atoms with Crippen LogP contribution in [0.4, 0.5) is 11.4 Å². The maximum absolute atomic E-state index is 12.4. The summed E-state index contributed by atoms with van der Waals surface area (Å²) in [5, 5.41) is 15.3. The van der Waals surface area contributed by atoms with Crippen LogP contribution in [-0.2, 0) is 4.79 Å². The summed E-state index contributed by atoms with van der Waals surface area (Å²) in [7, 11) is 0. The van der Waals surface area contributed by atoms with Crippen molar-refractivity contribution in [1.29, 1.82) is 5.26 Å². The lowest BCUT2D eigenvalue weighted by molar-refractivity contribution is -0.112. The molecule has 140 valence electrons. The van der Waals surface area contributed by atoms with Crippen LogP contribution >= 0.6 is 0 Å². The van der Waals surface area contributed by atoms with Crippen molar-refractivity contribution < 1.29 is 4.79 Å². The van der Waals surface area contributed by atoms with Crippen LogP contribution in [0.1, 0.15) is 57.1 Å². The highest BCUT2D eigenvalue weighted by molar-refractivity contribution is 6.06. The molecule has 0 saturated carbocycles. The number of carbonyl (C=O) groups is 1. The number of amides is 1. The number of nitrogens with zero attached hydrogens (tertiary/aromatic N) is 1. The molecule has 0 aromatic heterocycles. The maximum atomic E-state index is 12.4. The van der Waals surface area contributed by atoms with Crippen LogP contribution in [0.25, 0.3) is 0 Å². The molecule has 27 heavy (non-hydrogen) atoms. The van der Waals surface area contributed by atoms with Gasteiger partial charge in [0.15, 0.2) is 0 Å². The van der Waals surface area contributed by atoms with Gasteiger partial charge in [0, 0.05) is 17.6 Å². The topological polar surface area (TPSA) is 64.9 Å². The Morgan fingerprint density at radius 1 is 1.11 bits per heavy atom. The Morgan fingerprint density at radius 2 is 1.78 bits per heavy atom. The van der Waals surface area contributed by atoms with Crippen molar-refractivity contribution in [2.24, 2.45) is 0 Å². The van der Waals surface area contributed by atoms with Gasteiger partial charge in [-0.3, -0.25) is 4.79 Å². The number of hydrogen-bond acceptors (Lipinski definition) is 3. The Hall–Kier alpha value is -3.06. The molecular formula is C23H27N3O. The van der Waals surface area contributed by atoms with Crippen molar-refractivity contribution in [2.75, 3.05) is 10.6 Å². The van der Waals surface area contributed by atoms with Gasteiger partial charge in [-0.1, -0.05) is 58.0 Å². The third-order valence-corrected chi connectivity index (χ3v) is 4.68. The summed E-state index contributed by atoms with van der Waals surface area (Å²) in [6.45, 7) is 8.53. The molecule has 0 aliphatic carbocycles. The van der Waals surface area contributed by atoms with Crippen LogP contribution < -0.4 is 10.6 Å². The molecule has 2 aromatic carbocycles. The van der Waals surface area contributed by atoms with Crippen molar-refractivity contribution in [3.05, 3.63) is 71.4 Å². The van der Waals surface area contributed by atoms with E-state index in [4.69, 9.17) is 0 Å². The van der Waals surface area contributed by atoms with Gasteiger partial charge in [-0.05, 0) is 47.6 Å². The Morgan fingerprint density at radius 3 is 2.37 bits per heavy atom. The van der Waals surface area contributed by atoms with Gasteiger partial charge in [0.1, 0.15) is 11.6 Å². The van der Waals surface area contributed by atoms with Crippen molar-refractivity contribution in [3.63, 3.8) is 0 Å². The number of hydrogen-bond donors (Lipinski definition) is 2. The number of anilines is 2. The largest absolute Gasteiger partial charge is 0.360 e. The molecule has 0 bridgehead atoms. The van der Waals surface area contributed by atoms with Gasteiger partial charge in [0.2, 0.25) is 0 Å². The first-order valence-corrected chi connectivity index (χ1v) is 9.33. The van der Waals surface area contributed by atoms with E-state index < -0.39 is 5.91 Å². The lowest BCUT2D eigenvalue weighted by atomic mass is 9.97. The molecule has 1 amide bonds. The zero-order valence-corrected chi connectivity index (χ0v) is 16.4. The molecule has 1 atom stereocenters. The molecule has 0 radical (unpaired) electrons. The van der Waals surface area contributed by atoms with Crippen molar-refractivity contribution in [3.8, 4) is 6.07 Å². The zero-order chi connectivity index (χ0) is 19.8. The van der Waals surface area contributed by atoms with E-state index in [2.05, 4.69) is 44.4 Å². The zero-order valence-electron chi connectivity index (χ0n) is 16.4. The molecular weight excluding hydrogens is 334 g/mol. The quantitative estimate of drug-likeness (QED) is 0.485. The Balaban J connectivity index is 2.12. The van der Waals surface area contributed by atoms with Crippen LogP contribution in [0.3, 0.4) is 0 Å². The highest BCUT2D eigenvalue weighted by Crippen LogP contribution is 2.26. The van der Waals surface area contributed by atoms with E-state index in [0.29, 0.717) is 17.5 Å². The SMILES string of the molecule is CCC(C)c1ccccc1N/C=C(/C#N)C(=O)Nc1ccc(C(C)C)cc1. The van der Waals surface area contributed by atoms with Crippen LogP contribution in [0, 0.1) is 11.3 Å². The molecule has 0 saturated heterocycles. The first-order chi connectivity index (χ1) is 13.0. The molecule has 0 spiro atoms. The molecule has 0 heterocycles. The van der Waals surface area contributed by atoms with Crippen molar-refractivity contribution in [2.45, 2.75) is 46.0 Å². The minimum atomic E-state index is -0.427. The van der Waals surface area contributed by atoms with Crippen molar-refractivity contribution in [1.82, 2.24) is 0 Å². The highest BCUT2D eigenvalue weighted by Gasteiger charge is 2.11. The second-order valence-corrected chi connectivity index (χ2v) is 6.94. The average Bonchev–Trinajstić information content (AvgIpc) is 2.68. The van der Waals surface area contributed by atoms with Gasteiger partial charge in [0.25, 0.3) is 5.91 Å². The average molecular weight is 361 g/mol. The third kappa shape index (κ3) is 5.46. The summed E-state index contributed by atoms with van der Waals surface area (Å²) in [5.74, 6) is 0.392. The second kappa shape index (κ2) is 9.59. The van der Waals surface area contributed by atoms with E-state index >= 15 is 0 Å². The first kappa shape index (κ1) is 20.3. The summed E-state index contributed by atoms with van der Waals surface area (Å²) in [6.07, 6.45) is 2.49. The molecule has 4 nitrogen and oxygen atoms in total. The Labute approximate surface area is 161 Å². The lowest BCUT2D eigenvalue weighted by Crippen LogP contribution is -2.14. The third-order valence-electron chi connectivity index (χ3n) is 4.68. The van der Waals surface area contributed by atoms with E-state index in [9.17, 15) is 10.1 Å². The molecule has 4 heteroatoms. The predicted octanol–water partition coefficient (Wildman–Crippen LogP) is 5.78. The Kier molecular flexibility index (Phi) is 7.19. The molecule has 1 unspecified atom stereocenters. The number of rotatable bonds is 7. The van der Waals surface area contributed by atoms with Gasteiger partial charge >= 0.3 is 0 Å². The van der Waals surface area contributed by atoms with E-state index in [0.717, 1.165) is 12.1 Å². The fourth-order valence-corrected chi connectivity index (χ4v) is 2.73. The highest BCUT2D eigenvalue weighted by atomic mass is 16.1. The van der Waals surface area contributed by atoms with Crippen molar-refractivity contribution >= 4 is 17.3 Å². The normalized spacial score (nSPS) is 12.4. The van der Waals surface area contributed by atoms with E-state index in [1.807, 2.05) is 48.5 Å². The van der Waals surface area contributed by atoms with Gasteiger partial charge in [-0.2, -0.15) is 5.26 Å². The summed E-state index contributed by atoms with van der Waals surface area (Å²) in [5.41, 5.74) is 3.98. The minimum Gasteiger partial charge on any atom is -0.360 e. The lowest BCUT2D eigenvalue weighted by Gasteiger charge is -2.14. The fraction of sp³-hybridized carbons (Fsp3) is 0.304. The van der Waals surface area contributed by atoms with Gasteiger partial charge < -0.3 is 10.6 Å². The molecule has 0 aliphatic rings. The smallest absolute Gasteiger partial charge is 0.267 e. The van der Waals surface area contributed by atoms with Gasteiger partial charge in [0.05, 0.1) is 0 Å². The molecule has 2 aromatic rings. The predicted molar refractivity (Wildman–Crippen MR) is 112 cm³/mol. The standard InChI is InChI=1S/C23H27N3O/c1-5-17(4)21-8-6-7-9-22(21)25-15-19(14-24)23(27)26-20-12-10-18(11-13-20)16(2)3/h6-13,15-17,25H,5H2,1-4H3,(H,26,27)/b19-15-. The maximum Gasteiger partial charge on any atom is 0.267 e. The monoisotopic (exact) mass is 361 g/mol. The molecule has 0 fully saturated rings. The van der Waals surface area contributed by atoms with E-state index in [-0.39, 0.29) is 5.57 Å². The Bertz CT molecular complexity index is 845. The molecule has 2 rings (SSSR count). The van der Waals surface area contributed by atoms with E-state index in [1.165, 1.54) is 17.3 Å². The van der Waals surface area contributed by atoms with E-state index in [1.54, 1.807) is 0 Å². The summed E-state index contributed by atoms with van der Waals surface area (Å²) >= 11 is 0. The van der Waals surface area contributed by atoms with Crippen LogP contribution in [0.5, 0.6) is 0 Å². The number of nitrogens with one attached hydrogen (secondary N) is 2. The number of para-hydroxylation sites is 1. The molecule has 0 aliphatic heterocycles. The minimum absolute atomic E-state index is 0.0295. The number of nitriles is 1. The van der Waals surface area contributed by atoms with Gasteiger partial charge in [-0.15, -0.1) is 0 Å². The van der Waals surface area contributed by atoms with Gasteiger partial charge in [-0.25, -0.2) is 0 Å². The van der Waals surface area contributed by atoms with Crippen LogP contribution in [0.2, 0.25) is 0 Å². The second-order valence-electron chi connectivity index (χ2n) is 6.94. The number of carbonyl (C=O) groups excluding carboxylic acids is 1. The first-order valence-electron chi connectivity index (χ1n) is 9.33.